The number of nitrogens with zero attached hydrogens (tertiary/aromatic N) is 1. The topological polar surface area (TPSA) is 74.7 Å². The Balaban J connectivity index is 2.48. The number of rotatable bonds is 3. The van der Waals surface area contributed by atoms with Crippen LogP contribution in [0.3, 0.4) is 0 Å². The van der Waals surface area contributed by atoms with Gasteiger partial charge in [0.2, 0.25) is 10.0 Å². The Morgan fingerprint density at radius 1 is 1.27 bits per heavy atom. The average Bonchev–Trinajstić information content (AvgIpc) is 2.40. The lowest BCUT2D eigenvalue weighted by atomic mass is 9.94. The van der Waals surface area contributed by atoms with E-state index in [4.69, 9.17) is 5.11 Å². The molecule has 5 nitrogen and oxygen atoms in total. The first-order chi connectivity index (χ1) is 10.1. The van der Waals surface area contributed by atoms with Crippen LogP contribution < -0.4 is 0 Å². The molecule has 2 rings (SSSR count). The number of carbonyl (C=O) groups is 1. The predicted octanol–water partition coefficient (Wildman–Crippen LogP) is 2.50. The Hall–Kier alpha value is -1.47. The van der Waals surface area contributed by atoms with Gasteiger partial charge in [-0.3, -0.25) is 0 Å². The van der Waals surface area contributed by atoms with Gasteiger partial charge in [-0.05, 0) is 42.9 Å². The number of benzene rings is 1. The summed E-state index contributed by atoms with van der Waals surface area (Å²) in [6.45, 7) is 5.99. The van der Waals surface area contributed by atoms with Gasteiger partial charge >= 0.3 is 5.97 Å². The molecule has 2 unspecified atom stereocenters. The minimum absolute atomic E-state index is 0.0631. The van der Waals surface area contributed by atoms with Gasteiger partial charge in [0.15, 0.2) is 0 Å². The number of halogens is 1. The fourth-order valence-corrected chi connectivity index (χ4v) is 4.69. The maximum absolute atomic E-state index is 13.9. The van der Waals surface area contributed by atoms with Gasteiger partial charge in [-0.15, -0.1) is 0 Å². The zero-order valence-electron chi connectivity index (χ0n) is 12.8. The zero-order valence-corrected chi connectivity index (χ0v) is 13.7. The van der Waals surface area contributed by atoms with Crippen LogP contribution >= 0.6 is 0 Å². The van der Waals surface area contributed by atoms with Gasteiger partial charge < -0.3 is 5.11 Å². The molecule has 0 bridgehead atoms. The van der Waals surface area contributed by atoms with E-state index in [-0.39, 0.29) is 27.9 Å². The lowest BCUT2D eigenvalue weighted by molar-refractivity contribution is 0.0695. The third-order valence-electron chi connectivity index (χ3n) is 4.02. The minimum Gasteiger partial charge on any atom is -0.478 e. The number of piperidine rings is 1. The van der Waals surface area contributed by atoms with E-state index in [1.807, 2.05) is 13.8 Å². The molecule has 0 amide bonds. The van der Waals surface area contributed by atoms with Crippen molar-refractivity contribution in [2.24, 2.45) is 11.8 Å². The molecule has 7 heteroatoms. The van der Waals surface area contributed by atoms with Crippen LogP contribution in [0.5, 0.6) is 0 Å². The summed E-state index contributed by atoms with van der Waals surface area (Å²) in [5, 5.41) is 9.10. The fourth-order valence-electron chi connectivity index (χ4n) is 2.98. The molecular formula is C15H20FNO4S. The Bertz CT molecular complexity index is 692. The van der Waals surface area contributed by atoms with E-state index in [1.165, 1.54) is 11.2 Å². The highest BCUT2D eigenvalue weighted by Gasteiger charge is 2.32. The van der Waals surface area contributed by atoms with E-state index in [9.17, 15) is 17.6 Å². The Kier molecular flexibility index (Phi) is 4.58. The summed E-state index contributed by atoms with van der Waals surface area (Å²) in [6, 6.07) is 1.95. The molecule has 0 spiro atoms. The van der Waals surface area contributed by atoms with Crippen molar-refractivity contribution in [3.63, 3.8) is 0 Å². The highest BCUT2D eigenvalue weighted by molar-refractivity contribution is 7.89. The number of hydrogen-bond donors (Lipinski definition) is 1. The first-order valence-electron chi connectivity index (χ1n) is 7.16. The van der Waals surface area contributed by atoms with Gasteiger partial charge in [0.1, 0.15) is 5.82 Å². The van der Waals surface area contributed by atoms with Crippen molar-refractivity contribution in [3.05, 3.63) is 29.1 Å². The summed E-state index contributed by atoms with van der Waals surface area (Å²) < 4.78 is 40.6. The molecule has 122 valence electrons. The summed E-state index contributed by atoms with van der Waals surface area (Å²) in [7, 11) is -3.89. The van der Waals surface area contributed by atoms with Gasteiger partial charge in [-0.1, -0.05) is 13.8 Å². The summed E-state index contributed by atoms with van der Waals surface area (Å²) in [4.78, 5) is 10.9. The van der Waals surface area contributed by atoms with Crippen LogP contribution in [0.15, 0.2) is 17.0 Å². The van der Waals surface area contributed by atoms with Crippen LogP contribution in [0.1, 0.15) is 36.2 Å². The quantitative estimate of drug-likeness (QED) is 0.924. The molecule has 1 aromatic carbocycles. The number of hydrogen-bond acceptors (Lipinski definition) is 3. The van der Waals surface area contributed by atoms with Crippen molar-refractivity contribution in [1.29, 1.82) is 0 Å². The van der Waals surface area contributed by atoms with E-state index in [1.54, 1.807) is 0 Å². The maximum atomic E-state index is 13.9. The number of aromatic carboxylic acids is 1. The summed E-state index contributed by atoms with van der Waals surface area (Å²) in [6.07, 6.45) is 0.939. The predicted molar refractivity (Wildman–Crippen MR) is 79.8 cm³/mol. The first kappa shape index (κ1) is 16.9. The molecule has 1 N–H and O–H groups in total. The third-order valence-corrected chi connectivity index (χ3v) is 5.83. The normalized spacial score (nSPS) is 23.5. The molecule has 0 radical (unpaired) electrons. The molecule has 1 aromatic rings. The number of carboxylic acids is 1. The monoisotopic (exact) mass is 329 g/mol. The smallest absolute Gasteiger partial charge is 0.336 e. The van der Waals surface area contributed by atoms with Gasteiger partial charge in [-0.2, -0.15) is 4.31 Å². The van der Waals surface area contributed by atoms with Crippen LogP contribution in [-0.4, -0.2) is 36.9 Å². The van der Waals surface area contributed by atoms with Crippen LogP contribution in [0, 0.1) is 24.6 Å². The minimum atomic E-state index is -3.89. The molecule has 1 fully saturated rings. The van der Waals surface area contributed by atoms with Crippen LogP contribution in [-0.2, 0) is 10.0 Å². The molecule has 0 aliphatic carbocycles. The van der Waals surface area contributed by atoms with E-state index in [2.05, 4.69) is 0 Å². The van der Waals surface area contributed by atoms with Crippen molar-refractivity contribution in [2.75, 3.05) is 13.1 Å². The zero-order chi connectivity index (χ0) is 16.7. The largest absolute Gasteiger partial charge is 0.478 e. The van der Waals surface area contributed by atoms with Gasteiger partial charge in [0.25, 0.3) is 0 Å². The Morgan fingerprint density at radius 3 is 2.32 bits per heavy atom. The second-order valence-corrected chi connectivity index (χ2v) is 8.09. The third kappa shape index (κ3) is 3.15. The van der Waals surface area contributed by atoms with E-state index < -0.39 is 21.8 Å². The van der Waals surface area contributed by atoms with Crippen molar-refractivity contribution in [3.8, 4) is 0 Å². The molecular weight excluding hydrogens is 309 g/mol. The molecule has 1 heterocycles. The standard InChI is InChI=1S/C15H20FNO4S/c1-9-4-10(2)8-17(7-9)22(20,21)12-5-13(15(18)19)11(3)14(16)6-12/h5-6,9-10H,4,7-8H2,1-3H3,(H,18,19). The van der Waals surface area contributed by atoms with Crippen LogP contribution in [0.2, 0.25) is 0 Å². The van der Waals surface area contributed by atoms with E-state index >= 15 is 0 Å². The SMILES string of the molecule is Cc1c(F)cc(S(=O)(=O)N2CC(C)CC(C)C2)cc1C(=O)O. The molecule has 1 aliphatic rings. The highest BCUT2D eigenvalue weighted by atomic mass is 32.2. The second kappa shape index (κ2) is 5.96. The van der Waals surface area contributed by atoms with Crippen LogP contribution in [0.4, 0.5) is 4.39 Å². The van der Waals surface area contributed by atoms with Gasteiger partial charge in [0, 0.05) is 13.1 Å². The van der Waals surface area contributed by atoms with Crippen LogP contribution in [0.25, 0.3) is 0 Å². The van der Waals surface area contributed by atoms with Crippen molar-refractivity contribution < 1.29 is 22.7 Å². The molecule has 22 heavy (non-hydrogen) atoms. The molecule has 1 aliphatic heterocycles. The van der Waals surface area contributed by atoms with Crippen molar-refractivity contribution >= 4 is 16.0 Å². The van der Waals surface area contributed by atoms with Crippen molar-refractivity contribution in [1.82, 2.24) is 4.31 Å². The lowest BCUT2D eigenvalue weighted by Gasteiger charge is -2.34. The Morgan fingerprint density at radius 2 is 1.82 bits per heavy atom. The summed E-state index contributed by atoms with van der Waals surface area (Å²) in [5.41, 5.74) is -0.386. The molecule has 0 saturated carbocycles. The fraction of sp³-hybridized carbons (Fsp3) is 0.533. The maximum Gasteiger partial charge on any atom is 0.336 e. The summed E-state index contributed by atoms with van der Waals surface area (Å²) >= 11 is 0. The number of carboxylic acid groups (broad SMARTS) is 1. The van der Waals surface area contributed by atoms with Gasteiger partial charge in [0.05, 0.1) is 10.5 Å². The molecule has 1 saturated heterocycles. The molecule has 2 atom stereocenters. The van der Waals surface area contributed by atoms with E-state index in [0.29, 0.717) is 13.1 Å². The lowest BCUT2D eigenvalue weighted by Crippen LogP contribution is -2.42. The molecule has 0 aromatic heterocycles. The summed E-state index contributed by atoms with van der Waals surface area (Å²) in [5.74, 6) is -1.73. The average molecular weight is 329 g/mol. The van der Waals surface area contributed by atoms with Gasteiger partial charge in [-0.25, -0.2) is 17.6 Å². The van der Waals surface area contributed by atoms with E-state index in [0.717, 1.165) is 18.6 Å². The highest BCUT2D eigenvalue weighted by Crippen LogP contribution is 2.28. The second-order valence-electron chi connectivity index (χ2n) is 6.15. The van der Waals surface area contributed by atoms with Crippen molar-refractivity contribution in [2.45, 2.75) is 32.1 Å². The number of sulfonamides is 1. The Labute approximate surface area is 129 Å². The first-order valence-corrected chi connectivity index (χ1v) is 8.60.